The molecule has 0 saturated heterocycles. The number of hydrogen-bond donors (Lipinski definition) is 3. The first-order valence-electron chi connectivity index (χ1n) is 6.75. The molecule has 0 saturated carbocycles. The van der Waals surface area contributed by atoms with Crippen molar-refractivity contribution in [3.05, 3.63) is 29.8 Å². The molecule has 124 valence electrons. The lowest BCUT2D eigenvalue weighted by molar-refractivity contribution is -0.274. The zero-order valence-corrected chi connectivity index (χ0v) is 12.3. The van der Waals surface area contributed by atoms with Crippen molar-refractivity contribution in [1.82, 2.24) is 10.6 Å². The number of rotatable bonds is 6. The number of alkyl halides is 3. The third-order valence-corrected chi connectivity index (χ3v) is 2.90. The first-order chi connectivity index (χ1) is 10.2. The van der Waals surface area contributed by atoms with E-state index >= 15 is 0 Å². The standard InChI is InChI=1S/C14H19F3N2O3/c1-9(7-8-20)18-13(21)19-10(2)11-3-5-12(6-4-11)22-14(15,16)17/h3-6,9-10,20H,7-8H2,1-2H3,(H2,18,19,21)/t9-,10?/m1/s1. The number of aliphatic hydroxyl groups excluding tert-OH is 1. The molecule has 1 rings (SSSR count). The Balaban J connectivity index is 2.55. The summed E-state index contributed by atoms with van der Waals surface area (Å²) in [6.45, 7) is 3.43. The number of urea groups is 1. The van der Waals surface area contributed by atoms with Gasteiger partial charge in [-0.3, -0.25) is 0 Å². The van der Waals surface area contributed by atoms with Crippen LogP contribution in [0.4, 0.5) is 18.0 Å². The zero-order valence-electron chi connectivity index (χ0n) is 12.3. The molecule has 0 bridgehead atoms. The van der Waals surface area contributed by atoms with Crippen LogP contribution in [0.1, 0.15) is 31.9 Å². The Hall–Kier alpha value is -1.96. The highest BCUT2D eigenvalue weighted by molar-refractivity contribution is 5.74. The van der Waals surface area contributed by atoms with Crippen molar-refractivity contribution < 1.29 is 27.8 Å². The first-order valence-corrected chi connectivity index (χ1v) is 6.75. The lowest BCUT2D eigenvalue weighted by atomic mass is 10.1. The van der Waals surface area contributed by atoms with E-state index in [1.54, 1.807) is 13.8 Å². The number of hydrogen-bond acceptors (Lipinski definition) is 3. The van der Waals surface area contributed by atoms with Gasteiger partial charge in [0.25, 0.3) is 0 Å². The van der Waals surface area contributed by atoms with Crippen LogP contribution in [0, 0.1) is 0 Å². The maximum Gasteiger partial charge on any atom is 0.573 e. The van der Waals surface area contributed by atoms with Gasteiger partial charge in [-0.25, -0.2) is 4.79 Å². The smallest absolute Gasteiger partial charge is 0.406 e. The van der Waals surface area contributed by atoms with Crippen molar-refractivity contribution in [3.63, 3.8) is 0 Å². The minimum absolute atomic E-state index is 0.0301. The highest BCUT2D eigenvalue weighted by Gasteiger charge is 2.31. The van der Waals surface area contributed by atoms with Gasteiger partial charge in [0, 0.05) is 12.6 Å². The van der Waals surface area contributed by atoms with Gasteiger partial charge in [-0.2, -0.15) is 0 Å². The van der Waals surface area contributed by atoms with Crippen LogP contribution in [0.15, 0.2) is 24.3 Å². The molecule has 2 atom stereocenters. The van der Waals surface area contributed by atoms with Gasteiger partial charge in [-0.1, -0.05) is 12.1 Å². The number of nitrogens with one attached hydrogen (secondary N) is 2. The summed E-state index contributed by atoms with van der Waals surface area (Å²) in [4.78, 5) is 11.7. The number of carbonyl (C=O) groups is 1. The van der Waals surface area contributed by atoms with Crippen LogP contribution in [-0.4, -0.2) is 30.1 Å². The number of amides is 2. The number of benzene rings is 1. The topological polar surface area (TPSA) is 70.6 Å². The maximum atomic E-state index is 12.1. The fraction of sp³-hybridized carbons (Fsp3) is 0.500. The predicted octanol–water partition coefficient (Wildman–Crippen LogP) is 2.72. The van der Waals surface area contributed by atoms with Crippen LogP contribution in [-0.2, 0) is 0 Å². The molecule has 1 aromatic rings. The van der Waals surface area contributed by atoms with Crippen LogP contribution in [0.25, 0.3) is 0 Å². The Labute approximate surface area is 126 Å². The van der Waals surface area contributed by atoms with E-state index in [9.17, 15) is 18.0 Å². The zero-order chi connectivity index (χ0) is 16.8. The van der Waals surface area contributed by atoms with E-state index in [2.05, 4.69) is 15.4 Å². The minimum Gasteiger partial charge on any atom is -0.406 e. The van der Waals surface area contributed by atoms with E-state index in [-0.39, 0.29) is 24.4 Å². The second kappa shape index (κ2) is 7.88. The molecule has 0 aromatic heterocycles. The molecule has 0 spiro atoms. The Morgan fingerprint density at radius 2 is 1.82 bits per heavy atom. The largest absolute Gasteiger partial charge is 0.573 e. The van der Waals surface area contributed by atoms with E-state index in [1.807, 2.05) is 0 Å². The summed E-state index contributed by atoms with van der Waals surface area (Å²) >= 11 is 0. The Kier molecular flexibility index (Phi) is 6.48. The highest BCUT2D eigenvalue weighted by Crippen LogP contribution is 2.24. The fourth-order valence-corrected chi connectivity index (χ4v) is 1.77. The maximum absolute atomic E-state index is 12.1. The Bertz CT molecular complexity index is 477. The second-order valence-electron chi connectivity index (χ2n) is 4.87. The lowest BCUT2D eigenvalue weighted by Crippen LogP contribution is -2.42. The van der Waals surface area contributed by atoms with Crippen LogP contribution in [0.3, 0.4) is 0 Å². The lowest BCUT2D eigenvalue weighted by Gasteiger charge is -2.18. The third kappa shape index (κ3) is 6.66. The molecule has 0 heterocycles. The van der Waals surface area contributed by atoms with Crippen molar-refractivity contribution in [2.75, 3.05) is 6.61 Å². The van der Waals surface area contributed by atoms with Crippen molar-refractivity contribution in [3.8, 4) is 5.75 Å². The van der Waals surface area contributed by atoms with E-state index in [0.717, 1.165) is 0 Å². The van der Waals surface area contributed by atoms with E-state index in [4.69, 9.17) is 5.11 Å². The predicted molar refractivity (Wildman–Crippen MR) is 74.4 cm³/mol. The van der Waals surface area contributed by atoms with Crippen molar-refractivity contribution in [2.45, 2.75) is 38.7 Å². The molecule has 2 amide bonds. The van der Waals surface area contributed by atoms with Gasteiger partial charge in [0.05, 0.1) is 6.04 Å². The molecule has 1 unspecified atom stereocenters. The van der Waals surface area contributed by atoms with Gasteiger partial charge in [0.15, 0.2) is 0 Å². The molecule has 0 aliphatic carbocycles. The van der Waals surface area contributed by atoms with Gasteiger partial charge in [-0.05, 0) is 38.0 Å². The summed E-state index contributed by atoms with van der Waals surface area (Å²) in [6.07, 6.45) is -4.29. The third-order valence-electron chi connectivity index (χ3n) is 2.90. The molecule has 0 radical (unpaired) electrons. The Morgan fingerprint density at radius 3 is 2.32 bits per heavy atom. The Morgan fingerprint density at radius 1 is 1.23 bits per heavy atom. The molecule has 0 aliphatic rings. The summed E-state index contributed by atoms with van der Waals surface area (Å²) in [6, 6.07) is 4.29. The van der Waals surface area contributed by atoms with Crippen molar-refractivity contribution in [2.24, 2.45) is 0 Å². The van der Waals surface area contributed by atoms with Gasteiger partial charge in [0.2, 0.25) is 0 Å². The van der Waals surface area contributed by atoms with Crippen molar-refractivity contribution >= 4 is 6.03 Å². The summed E-state index contributed by atoms with van der Waals surface area (Å²) in [7, 11) is 0. The van der Waals surface area contributed by atoms with Gasteiger partial charge < -0.3 is 20.5 Å². The van der Waals surface area contributed by atoms with Gasteiger partial charge >= 0.3 is 12.4 Å². The number of carbonyl (C=O) groups excluding carboxylic acids is 1. The summed E-state index contributed by atoms with van der Waals surface area (Å²) < 4.78 is 39.9. The molecule has 5 nitrogen and oxygen atoms in total. The number of ether oxygens (including phenoxy) is 1. The van der Waals surface area contributed by atoms with Crippen LogP contribution in [0.2, 0.25) is 0 Å². The van der Waals surface area contributed by atoms with E-state index < -0.39 is 12.4 Å². The van der Waals surface area contributed by atoms with Gasteiger partial charge in [0.1, 0.15) is 5.75 Å². The van der Waals surface area contributed by atoms with Crippen LogP contribution in [0.5, 0.6) is 5.75 Å². The number of aliphatic hydroxyl groups is 1. The van der Waals surface area contributed by atoms with Crippen molar-refractivity contribution in [1.29, 1.82) is 0 Å². The van der Waals surface area contributed by atoms with E-state index in [0.29, 0.717) is 12.0 Å². The second-order valence-corrected chi connectivity index (χ2v) is 4.87. The first kappa shape index (κ1) is 18.1. The normalized spacial score (nSPS) is 14.1. The average molecular weight is 320 g/mol. The molecular formula is C14H19F3N2O3. The molecule has 22 heavy (non-hydrogen) atoms. The molecule has 8 heteroatoms. The highest BCUT2D eigenvalue weighted by atomic mass is 19.4. The number of halogens is 3. The molecule has 3 N–H and O–H groups in total. The average Bonchev–Trinajstić information content (AvgIpc) is 2.37. The quantitative estimate of drug-likeness (QED) is 0.755. The molecule has 0 aliphatic heterocycles. The fourth-order valence-electron chi connectivity index (χ4n) is 1.77. The molecular weight excluding hydrogens is 301 g/mol. The van der Waals surface area contributed by atoms with Crippen LogP contribution < -0.4 is 15.4 Å². The summed E-state index contributed by atoms with van der Waals surface area (Å²) in [5.41, 5.74) is 0.638. The van der Waals surface area contributed by atoms with Crippen LogP contribution >= 0.6 is 0 Å². The minimum atomic E-state index is -4.73. The molecule has 1 aromatic carbocycles. The monoisotopic (exact) mass is 320 g/mol. The van der Waals surface area contributed by atoms with Gasteiger partial charge in [-0.15, -0.1) is 13.2 Å². The van der Waals surface area contributed by atoms with E-state index in [1.165, 1.54) is 24.3 Å². The molecule has 0 fully saturated rings. The SMILES string of the molecule is CC(NC(=O)N[C@H](C)CCO)c1ccc(OC(F)(F)F)cc1. The summed E-state index contributed by atoms with van der Waals surface area (Å²) in [5, 5.41) is 14.1. The summed E-state index contributed by atoms with van der Waals surface area (Å²) in [5.74, 6) is -0.315.